The number of hydrogen-bond acceptors (Lipinski definition) is 3. The molecule has 0 amide bonds. The summed E-state index contributed by atoms with van der Waals surface area (Å²) in [6.45, 7) is 8.81. The van der Waals surface area contributed by atoms with Gasteiger partial charge in [-0.25, -0.2) is 0 Å². The van der Waals surface area contributed by atoms with Crippen molar-refractivity contribution in [2.24, 2.45) is 23.5 Å². The maximum absolute atomic E-state index is 12.1. The summed E-state index contributed by atoms with van der Waals surface area (Å²) in [7, 11) is 0. The summed E-state index contributed by atoms with van der Waals surface area (Å²) >= 11 is 0. The minimum absolute atomic E-state index is 0.0317. The minimum Gasteiger partial charge on any atom is -0.370 e. The third-order valence-corrected chi connectivity index (χ3v) is 3.88. The van der Waals surface area contributed by atoms with E-state index in [9.17, 15) is 4.79 Å². The number of nitrogens with two attached hydrogens (primary N) is 1. The summed E-state index contributed by atoms with van der Waals surface area (Å²) in [5.74, 6) is 1.52. The first-order chi connectivity index (χ1) is 8.34. The highest BCUT2D eigenvalue weighted by molar-refractivity contribution is 5.85. The van der Waals surface area contributed by atoms with Crippen molar-refractivity contribution in [1.29, 1.82) is 5.41 Å². The van der Waals surface area contributed by atoms with E-state index in [1.165, 1.54) is 0 Å². The summed E-state index contributed by atoms with van der Waals surface area (Å²) in [4.78, 5) is 12.1. The van der Waals surface area contributed by atoms with E-state index in [-0.39, 0.29) is 23.7 Å². The largest absolute Gasteiger partial charge is 0.370 e. The number of hydrogen-bond donors (Lipinski definition) is 4. The number of guanidine groups is 1. The summed E-state index contributed by atoms with van der Waals surface area (Å²) < 4.78 is 0. The number of Topliss-reactive ketones (excluding diaryl/α,β-unsaturated/α-hetero) is 1. The van der Waals surface area contributed by atoms with Crippen molar-refractivity contribution < 1.29 is 4.79 Å². The molecule has 0 heterocycles. The van der Waals surface area contributed by atoms with Crippen LogP contribution in [-0.4, -0.2) is 30.4 Å². The molecule has 1 saturated carbocycles. The van der Waals surface area contributed by atoms with Crippen LogP contribution in [0.5, 0.6) is 0 Å². The summed E-state index contributed by atoms with van der Waals surface area (Å²) in [6, 6.07) is 0.323. The molecular weight excluding hydrogens is 228 g/mol. The molecule has 104 valence electrons. The molecule has 5 nitrogen and oxygen atoms in total. The fraction of sp³-hybridized carbons (Fsp3) is 0.846. The van der Waals surface area contributed by atoms with E-state index in [0.29, 0.717) is 30.8 Å². The van der Waals surface area contributed by atoms with E-state index >= 15 is 0 Å². The van der Waals surface area contributed by atoms with Gasteiger partial charge in [0.05, 0.1) is 6.04 Å². The first kappa shape index (κ1) is 15.0. The molecule has 0 bridgehead atoms. The predicted octanol–water partition coefficient (Wildman–Crippen LogP) is 0.697. The molecule has 3 atom stereocenters. The molecule has 0 saturated heterocycles. The van der Waals surface area contributed by atoms with Crippen molar-refractivity contribution in [1.82, 2.24) is 10.6 Å². The Morgan fingerprint density at radius 2 is 1.89 bits per heavy atom. The van der Waals surface area contributed by atoms with Gasteiger partial charge < -0.3 is 16.4 Å². The molecule has 0 aromatic heterocycles. The van der Waals surface area contributed by atoms with Gasteiger partial charge in [0.2, 0.25) is 0 Å². The smallest absolute Gasteiger partial charge is 0.185 e. The summed E-state index contributed by atoms with van der Waals surface area (Å²) in [5.41, 5.74) is 5.24. The number of carbonyl (C=O) groups excluding carboxylic acids is 1. The first-order valence-electron chi connectivity index (χ1n) is 6.72. The first-order valence-corrected chi connectivity index (χ1v) is 6.72. The van der Waals surface area contributed by atoms with Crippen LogP contribution in [0.25, 0.3) is 0 Å². The van der Waals surface area contributed by atoms with Crippen LogP contribution >= 0.6 is 0 Å². The average Bonchev–Trinajstić information content (AvgIpc) is 2.84. The Labute approximate surface area is 109 Å². The fourth-order valence-corrected chi connectivity index (χ4v) is 2.26. The molecule has 18 heavy (non-hydrogen) atoms. The van der Waals surface area contributed by atoms with E-state index in [0.717, 1.165) is 0 Å². The molecule has 0 radical (unpaired) electrons. The molecule has 0 spiro atoms. The Hall–Kier alpha value is -1.10. The van der Waals surface area contributed by atoms with Crippen molar-refractivity contribution >= 4 is 11.7 Å². The third-order valence-electron chi connectivity index (χ3n) is 3.88. The van der Waals surface area contributed by atoms with Crippen molar-refractivity contribution in [2.45, 2.75) is 46.2 Å². The van der Waals surface area contributed by atoms with E-state index in [1.807, 2.05) is 13.8 Å². The predicted molar refractivity (Wildman–Crippen MR) is 73.4 cm³/mol. The highest BCUT2D eigenvalue weighted by Gasteiger charge is 2.44. The van der Waals surface area contributed by atoms with Crippen LogP contribution in [-0.2, 0) is 4.79 Å². The zero-order valence-corrected chi connectivity index (χ0v) is 11.8. The van der Waals surface area contributed by atoms with Gasteiger partial charge >= 0.3 is 0 Å². The van der Waals surface area contributed by atoms with Gasteiger partial charge in [0, 0.05) is 18.5 Å². The van der Waals surface area contributed by atoms with E-state index in [2.05, 4.69) is 24.5 Å². The highest BCUT2D eigenvalue weighted by atomic mass is 16.1. The lowest BCUT2D eigenvalue weighted by atomic mass is 9.99. The van der Waals surface area contributed by atoms with Gasteiger partial charge in [-0.15, -0.1) is 0 Å². The second-order valence-electron chi connectivity index (χ2n) is 5.65. The molecule has 1 rings (SSSR count). The van der Waals surface area contributed by atoms with E-state index in [4.69, 9.17) is 11.1 Å². The lowest BCUT2D eigenvalue weighted by Gasteiger charge is -2.20. The van der Waals surface area contributed by atoms with Gasteiger partial charge in [0.15, 0.2) is 11.7 Å². The maximum atomic E-state index is 12.1. The highest BCUT2D eigenvalue weighted by Crippen LogP contribution is 2.38. The number of carbonyl (C=O) groups is 1. The maximum Gasteiger partial charge on any atom is 0.185 e. The quantitative estimate of drug-likeness (QED) is 0.397. The number of rotatable bonds is 7. The average molecular weight is 254 g/mol. The molecule has 0 aromatic rings. The topological polar surface area (TPSA) is 91.0 Å². The van der Waals surface area contributed by atoms with Crippen molar-refractivity contribution in [3.63, 3.8) is 0 Å². The third kappa shape index (κ3) is 3.98. The molecule has 1 fully saturated rings. The van der Waals surface area contributed by atoms with Crippen LogP contribution in [0.4, 0.5) is 0 Å². The molecule has 0 aromatic carbocycles. The van der Waals surface area contributed by atoms with Gasteiger partial charge in [-0.3, -0.25) is 10.2 Å². The molecule has 2 unspecified atom stereocenters. The number of ketones is 1. The number of nitrogens with one attached hydrogen (secondary N) is 3. The van der Waals surface area contributed by atoms with Gasteiger partial charge in [-0.1, -0.05) is 27.7 Å². The van der Waals surface area contributed by atoms with Gasteiger partial charge in [-0.05, 0) is 18.3 Å². The van der Waals surface area contributed by atoms with Crippen molar-refractivity contribution in [2.75, 3.05) is 6.54 Å². The molecule has 1 aliphatic carbocycles. The Bertz CT molecular complexity index is 308. The van der Waals surface area contributed by atoms with Crippen LogP contribution < -0.4 is 16.4 Å². The van der Waals surface area contributed by atoms with Crippen LogP contribution in [0.15, 0.2) is 0 Å². The molecule has 1 aliphatic rings. The minimum atomic E-state index is -0.130. The second kappa shape index (κ2) is 6.18. The Balaban J connectivity index is 2.47. The molecule has 0 aliphatic heterocycles. The van der Waals surface area contributed by atoms with Crippen molar-refractivity contribution in [3.8, 4) is 0 Å². The van der Waals surface area contributed by atoms with E-state index < -0.39 is 0 Å². The van der Waals surface area contributed by atoms with Gasteiger partial charge in [-0.2, -0.15) is 0 Å². The Morgan fingerprint density at radius 3 is 2.28 bits per heavy atom. The van der Waals surface area contributed by atoms with Gasteiger partial charge in [0.25, 0.3) is 0 Å². The van der Waals surface area contributed by atoms with Crippen LogP contribution in [0.1, 0.15) is 34.1 Å². The van der Waals surface area contributed by atoms with Crippen molar-refractivity contribution in [3.05, 3.63) is 0 Å². The Kier molecular flexibility index (Phi) is 5.14. The zero-order chi connectivity index (χ0) is 13.9. The second-order valence-corrected chi connectivity index (χ2v) is 5.65. The van der Waals surface area contributed by atoms with Crippen LogP contribution in [0.2, 0.25) is 0 Å². The van der Waals surface area contributed by atoms with Gasteiger partial charge in [0.1, 0.15) is 0 Å². The summed E-state index contributed by atoms with van der Waals surface area (Å²) in [5, 5.41) is 13.3. The fourth-order valence-electron chi connectivity index (χ4n) is 2.26. The molecule has 5 N–H and O–H groups in total. The monoisotopic (exact) mass is 254 g/mol. The summed E-state index contributed by atoms with van der Waals surface area (Å²) in [6.07, 6.45) is 0.673. The zero-order valence-electron chi connectivity index (χ0n) is 11.8. The van der Waals surface area contributed by atoms with E-state index in [1.54, 1.807) is 0 Å². The molecule has 5 heteroatoms. The lowest BCUT2D eigenvalue weighted by Crippen LogP contribution is -2.44. The Morgan fingerprint density at radius 1 is 1.33 bits per heavy atom. The van der Waals surface area contributed by atoms with Crippen LogP contribution in [0, 0.1) is 23.2 Å². The van der Waals surface area contributed by atoms with Crippen LogP contribution in [0.3, 0.4) is 0 Å². The normalized spacial score (nSPS) is 27.9. The SMILES string of the molecule is CC(C)C(=O)[C@H](CCNC(=N)N)NC1C(C)C1C. The lowest BCUT2D eigenvalue weighted by molar-refractivity contribution is -0.124. The standard InChI is InChI=1S/C13H26N4O/c1-7(2)12(18)10(5-6-16-13(14)15)17-11-8(3)9(11)4/h7-11,17H,5-6H2,1-4H3,(H4,14,15,16)/t8?,9?,10-,11?/m0/s1. The molecular formula is C13H26N4O.